The van der Waals surface area contributed by atoms with Crippen LogP contribution in [0, 0.1) is 12.8 Å². The number of hydrogen-bond donors (Lipinski definition) is 1. The highest BCUT2D eigenvalue weighted by atomic mass is 15.3. The summed E-state index contributed by atoms with van der Waals surface area (Å²) >= 11 is 0. The molecule has 2 atom stereocenters. The molecular formula is C18H26N4. The maximum Gasteiger partial charge on any atom is 0.0682 e. The molecule has 3 rings (SSSR count). The van der Waals surface area contributed by atoms with Crippen molar-refractivity contribution < 1.29 is 0 Å². The second-order valence-electron chi connectivity index (χ2n) is 6.67. The molecule has 1 aromatic carbocycles. The summed E-state index contributed by atoms with van der Waals surface area (Å²) in [6, 6.07) is 9.18. The first-order valence-corrected chi connectivity index (χ1v) is 8.10. The Hall–Kier alpha value is -1.65. The Labute approximate surface area is 132 Å². The first kappa shape index (κ1) is 15.3. The first-order chi connectivity index (χ1) is 10.5. The predicted octanol–water partition coefficient (Wildman–Crippen LogP) is 2.56. The highest BCUT2D eigenvalue weighted by Crippen LogP contribution is 2.27. The number of nitrogens with two attached hydrogens (primary N) is 1. The summed E-state index contributed by atoms with van der Waals surface area (Å²) in [4.78, 5) is 2.53. The van der Waals surface area contributed by atoms with Crippen molar-refractivity contribution >= 4 is 0 Å². The van der Waals surface area contributed by atoms with E-state index in [1.54, 1.807) is 0 Å². The van der Waals surface area contributed by atoms with Crippen molar-refractivity contribution in [1.29, 1.82) is 0 Å². The van der Waals surface area contributed by atoms with Gasteiger partial charge in [-0.2, -0.15) is 5.10 Å². The van der Waals surface area contributed by atoms with Gasteiger partial charge in [0.1, 0.15) is 0 Å². The molecule has 2 N–H and O–H groups in total. The fourth-order valence-electron chi connectivity index (χ4n) is 3.34. The molecule has 22 heavy (non-hydrogen) atoms. The van der Waals surface area contributed by atoms with Gasteiger partial charge in [-0.3, -0.25) is 9.58 Å². The molecule has 0 aliphatic carbocycles. The van der Waals surface area contributed by atoms with E-state index >= 15 is 0 Å². The SMILES string of the molecule is Cc1ccc(CN2CCC(N)C(C)C2)c(-c2ccnn2C)c1. The smallest absolute Gasteiger partial charge is 0.0682 e. The van der Waals surface area contributed by atoms with E-state index in [-0.39, 0.29) is 0 Å². The van der Waals surface area contributed by atoms with Gasteiger partial charge in [0.2, 0.25) is 0 Å². The Balaban J connectivity index is 1.87. The molecule has 1 aliphatic heterocycles. The van der Waals surface area contributed by atoms with E-state index in [2.05, 4.69) is 48.1 Å². The molecule has 118 valence electrons. The van der Waals surface area contributed by atoms with Gasteiger partial charge in [0.25, 0.3) is 0 Å². The minimum atomic E-state index is 0.353. The number of likely N-dealkylation sites (tertiary alicyclic amines) is 1. The maximum atomic E-state index is 6.14. The lowest BCUT2D eigenvalue weighted by atomic mass is 9.93. The van der Waals surface area contributed by atoms with Crippen LogP contribution in [0.2, 0.25) is 0 Å². The Morgan fingerprint density at radius 2 is 2.14 bits per heavy atom. The fraction of sp³-hybridized carbons (Fsp3) is 0.500. The summed E-state index contributed by atoms with van der Waals surface area (Å²) in [6.45, 7) is 7.56. The molecule has 2 aromatic rings. The van der Waals surface area contributed by atoms with Crippen LogP contribution in [0.25, 0.3) is 11.3 Å². The van der Waals surface area contributed by atoms with E-state index in [1.165, 1.54) is 22.4 Å². The first-order valence-electron chi connectivity index (χ1n) is 8.10. The lowest BCUT2D eigenvalue weighted by Crippen LogP contribution is -2.45. The number of nitrogens with zero attached hydrogens (tertiary/aromatic N) is 3. The number of hydrogen-bond acceptors (Lipinski definition) is 3. The number of rotatable bonds is 3. The lowest BCUT2D eigenvalue weighted by molar-refractivity contribution is 0.158. The van der Waals surface area contributed by atoms with Crippen molar-refractivity contribution in [2.75, 3.05) is 13.1 Å². The molecular weight excluding hydrogens is 272 g/mol. The lowest BCUT2D eigenvalue weighted by Gasteiger charge is -2.35. The predicted molar refractivity (Wildman–Crippen MR) is 90.4 cm³/mol. The van der Waals surface area contributed by atoms with Crippen LogP contribution in [0.1, 0.15) is 24.5 Å². The van der Waals surface area contributed by atoms with Crippen LogP contribution in [0.5, 0.6) is 0 Å². The van der Waals surface area contributed by atoms with Crippen molar-refractivity contribution in [2.45, 2.75) is 32.9 Å². The monoisotopic (exact) mass is 298 g/mol. The highest BCUT2D eigenvalue weighted by molar-refractivity contribution is 5.64. The van der Waals surface area contributed by atoms with Crippen molar-refractivity contribution in [2.24, 2.45) is 18.7 Å². The zero-order valence-electron chi connectivity index (χ0n) is 13.8. The van der Waals surface area contributed by atoms with Gasteiger partial charge in [0, 0.05) is 37.9 Å². The third kappa shape index (κ3) is 3.08. The molecule has 0 spiro atoms. The van der Waals surface area contributed by atoms with Crippen molar-refractivity contribution in [1.82, 2.24) is 14.7 Å². The summed E-state index contributed by atoms with van der Waals surface area (Å²) in [7, 11) is 2.00. The minimum Gasteiger partial charge on any atom is -0.327 e. The van der Waals surface area contributed by atoms with Crippen LogP contribution in [0.4, 0.5) is 0 Å². The average Bonchev–Trinajstić information content (AvgIpc) is 2.91. The van der Waals surface area contributed by atoms with Gasteiger partial charge in [-0.05, 0) is 43.5 Å². The Kier molecular flexibility index (Phi) is 4.32. The van der Waals surface area contributed by atoms with Gasteiger partial charge in [0.15, 0.2) is 0 Å². The molecule has 4 heteroatoms. The normalized spacial score (nSPS) is 22.9. The van der Waals surface area contributed by atoms with E-state index in [1.807, 2.05) is 17.9 Å². The van der Waals surface area contributed by atoms with E-state index in [0.717, 1.165) is 26.1 Å². The highest BCUT2D eigenvalue weighted by Gasteiger charge is 2.23. The molecule has 1 aliphatic rings. The molecule has 0 bridgehead atoms. The van der Waals surface area contributed by atoms with Gasteiger partial charge in [-0.1, -0.05) is 24.6 Å². The van der Waals surface area contributed by atoms with E-state index in [0.29, 0.717) is 12.0 Å². The van der Waals surface area contributed by atoms with Crippen molar-refractivity contribution in [3.05, 3.63) is 41.6 Å². The Morgan fingerprint density at radius 3 is 2.82 bits per heavy atom. The van der Waals surface area contributed by atoms with Crippen LogP contribution in [0.15, 0.2) is 30.5 Å². The van der Waals surface area contributed by atoms with Gasteiger partial charge in [0.05, 0.1) is 5.69 Å². The molecule has 1 saturated heterocycles. The topological polar surface area (TPSA) is 47.1 Å². The quantitative estimate of drug-likeness (QED) is 0.947. The molecule has 1 fully saturated rings. The largest absolute Gasteiger partial charge is 0.327 e. The Bertz CT molecular complexity index is 646. The average molecular weight is 298 g/mol. The zero-order chi connectivity index (χ0) is 15.7. The summed E-state index contributed by atoms with van der Waals surface area (Å²) in [5, 5.41) is 4.32. The Morgan fingerprint density at radius 1 is 1.32 bits per heavy atom. The molecule has 0 amide bonds. The van der Waals surface area contributed by atoms with Gasteiger partial charge < -0.3 is 5.73 Å². The van der Waals surface area contributed by atoms with Gasteiger partial charge in [-0.25, -0.2) is 0 Å². The third-order valence-corrected chi connectivity index (χ3v) is 4.81. The molecule has 1 aromatic heterocycles. The maximum absolute atomic E-state index is 6.14. The van der Waals surface area contributed by atoms with Crippen LogP contribution in [-0.2, 0) is 13.6 Å². The van der Waals surface area contributed by atoms with Crippen molar-refractivity contribution in [3.8, 4) is 11.3 Å². The van der Waals surface area contributed by atoms with Crippen LogP contribution >= 0.6 is 0 Å². The minimum absolute atomic E-state index is 0.353. The summed E-state index contributed by atoms with van der Waals surface area (Å²) < 4.78 is 1.95. The summed E-state index contributed by atoms with van der Waals surface area (Å²) in [5.74, 6) is 0.569. The standard InChI is InChI=1S/C18H26N4/c1-13-4-5-15(12-22-9-7-17(19)14(2)11-22)16(10-13)18-6-8-20-21(18)3/h4-6,8,10,14,17H,7,9,11-12,19H2,1-3H3. The number of benzene rings is 1. The van der Waals surface area contributed by atoms with E-state index in [4.69, 9.17) is 5.73 Å². The van der Waals surface area contributed by atoms with Crippen molar-refractivity contribution in [3.63, 3.8) is 0 Å². The molecule has 2 unspecified atom stereocenters. The zero-order valence-corrected chi connectivity index (χ0v) is 13.8. The summed E-state index contributed by atoms with van der Waals surface area (Å²) in [6.07, 6.45) is 2.96. The van der Waals surface area contributed by atoms with Crippen LogP contribution in [-0.4, -0.2) is 33.8 Å². The number of piperidine rings is 1. The van der Waals surface area contributed by atoms with E-state index in [9.17, 15) is 0 Å². The van der Waals surface area contributed by atoms with E-state index < -0.39 is 0 Å². The second-order valence-corrected chi connectivity index (χ2v) is 6.67. The molecule has 4 nitrogen and oxygen atoms in total. The molecule has 0 saturated carbocycles. The van der Waals surface area contributed by atoms with Gasteiger partial charge >= 0.3 is 0 Å². The van der Waals surface area contributed by atoms with Crippen LogP contribution < -0.4 is 5.73 Å². The summed E-state index contributed by atoms with van der Waals surface area (Å²) in [5.41, 5.74) is 11.3. The number of aryl methyl sites for hydroxylation is 2. The van der Waals surface area contributed by atoms with Gasteiger partial charge in [-0.15, -0.1) is 0 Å². The molecule has 0 radical (unpaired) electrons. The van der Waals surface area contributed by atoms with Crippen LogP contribution in [0.3, 0.4) is 0 Å². The molecule has 2 heterocycles. The second kappa shape index (κ2) is 6.23. The third-order valence-electron chi connectivity index (χ3n) is 4.81. The fourth-order valence-corrected chi connectivity index (χ4v) is 3.34. The number of aromatic nitrogens is 2.